The van der Waals surface area contributed by atoms with Crippen LogP contribution in [0, 0.1) is 0 Å². The number of aliphatic imine (C=N–C) groups is 2. The van der Waals surface area contributed by atoms with E-state index in [0.29, 0.717) is 11.9 Å². The van der Waals surface area contributed by atoms with Crippen molar-refractivity contribution in [1.82, 2.24) is 21.5 Å². The van der Waals surface area contributed by atoms with Crippen molar-refractivity contribution >= 4 is 45.9 Å². The van der Waals surface area contributed by atoms with Gasteiger partial charge in [0.25, 0.3) is 0 Å². The predicted molar refractivity (Wildman–Crippen MR) is 179 cm³/mol. The first-order valence-electron chi connectivity index (χ1n) is 15.0. The van der Waals surface area contributed by atoms with Gasteiger partial charge in [0.05, 0.1) is 23.5 Å². The summed E-state index contributed by atoms with van der Waals surface area (Å²) in [5.74, 6) is 1.40. The summed E-state index contributed by atoms with van der Waals surface area (Å²) in [6.07, 6.45) is 7.90. The van der Waals surface area contributed by atoms with Crippen molar-refractivity contribution in [1.29, 1.82) is 0 Å². The van der Waals surface area contributed by atoms with Crippen LogP contribution >= 0.6 is 0 Å². The topological polar surface area (TPSA) is 97.6 Å². The molecule has 5 rings (SSSR count). The second kappa shape index (κ2) is 11.0. The lowest BCUT2D eigenvalue weighted by atomic mass is 9.91. The van der Waals surface area contributed by atoms with Crippen LogP contribution < -0.4 is 21.5 Å². The summed E-state index contributed by atoms with van der Waals surface area (Å²) in [4.78, 5) is 9.82. The molecule has 42 heavy (non-hydrogen) atoms. The number of benzene rings is 3. The van der Waals surface area contributed by atoms with Crippen molar-refractivity contribution in [3.63, 3.8) is 0 Å². The van der Waals surface area contributed by atoms with Crippen molar-refractivity contribution in [2.45, 2.75) is 103 Å². The van der Waals surface area contributed by atoms with Crippen molar-refractivity contribution in [2.75, 3.05) is 0 Å². The molecular weight excluding hydrogens is 520 g/mol. The quantitative estimate of drug-likeness (QED) is 0.166. The first-order valence-corrected chi connectivity index (χ1v) is 15.0. The molecule has 3 aromatic rings. The van der Waals surface area contributed by atoms with Gasteiger partial charge in [-0.3, -0.25) is 0 Å². The number of hydrogen-bond donors (Lipinski definition) is 4. The molecule has 8 heteroatoms. The molecule has 0 spiro atoms. The molecule has 3 aromatic carbocycles. The average Bonchev–Trinajstić information content (AvgIpc) is 3.09. The lowest BCUT2D eigenvalue weighted by Gasteiger charge is -2.25. The average molecular weight is 567 g/mol. The zero-order valence-corrected chi connectivity index (χ0v) is 26.4. The lowest BCUT2D eigenvalue weighted by Crippen LogP contribution is -2.47. The Bertz CT molecular complexity index is 1410. The Morgan fingerprint density at radius 2 is 0.905 bits per heavy atom. The summed E-state index contributed by atoms with van der Waals surface area (Å²) in [6, 6.07) is 16.8. The van der Waals surface area contributed by atoms with Crippen LogP contribution in [0.15, 0.2) is 68.7 Å². The maximum absolute atomic E-state index is 4.91. The summed E-state index contributed by atoms with van der Waals surface area (Å²) >= 11 is 0. The molecule has 222 valence electrons. The van der Waals surface area contributed by atoms with Gasteiger partial charge in [0, 0.05) is 22.2 Å². The van der Waals surface area contributed by atoms with Crippen LogP contribution in [-0.4, -0.2) is 46.5 Å². The van der Waals surface area contributed by atoms with E-state index in [9.17, 15) is 0 Å². The molecule has 0 amide bonds. The zero-order chi connectivity index (χ0) is 30.2. The van der Waals surface area contributed by atoms with E-state index in [4.69, 9.17) is 9.98 Å². The highest BCUT2D eigenvalue weighted by Gasteiger charge is 2.30. The molecule has 4 N–H and O–H groups in total. The van der Waals surface area contributed by atoms with Gasteiger partial charge in [0.2, 0.25) is 11.9 Å². The van der Waals surface area contributed by atoms with Gasteiger partial charge in [0.1, 0.15) is 0 Å². The SMILES string of the molecule is CC1(C)CCC(C)(C)NC(N/N=C/c2c3ccccc3c(/C=N/NC3=NC(C)(C)CCC(C)(C)N3)c3ccccc23)=N1. The molecule has 8 nitrogen and oxygen atoms in total. The molecule has 2 heterocycles. The third-order valence-corrected chi connectivity index (χ3v) is 8.21. The van der Waals surface area contributed by atoms with Crippen LogP contribution in [0.5, 0.6) is 0 Å². The second-order valence-corrected chi connectivity index (χ2v) is 14.2. The molecule has 0 aliphatic carbocycles. The molecule has 2 aliphatic heterocycles. The van der Waals surface area contributed by atoms with Gasteiger partial charge in [0.15, 0.2) is 0 Å². The largest absolute Gasteiger partial charge is 0.350 e. The first-order chi connectivity index (χ1) is 19.7. The Morgan fingerprint density at radius 3 is 1.24 bits per heavy atom. The predicted octanol–water partition coefficient (Wildman–Crippen LogP) is 6.43. The highest BCUT2D eigenvalue weighted by molar-refractivity contribution is 6.21. The minimum Gasteiger partial charge on any atom is -0.350 e. The Kier molecular flexibility index (Phi) is 7.77. The highest BCUT2D eigenvalue weighted by Crippen LogP contribution is 2.31. The summed E-state index contributed by atoms with van der Waals surface area (Å²) in [6.45, 7) is 17.5. The fourth-order valence-corrected chi connectivity index (χ4v) is 5.67. The van der Waals surface area contributed by atoms with Gasteiger partial charge >= 0.3 is 0 Å². The number of fused-ring (bicyclic) bond motifs is 2. The number of hydrazone groups is 2. The molecule has 0 atom stereocenters. The van der Waals surface area contributed by atoms with Gasteiger partial charge in [-0.25, -0.2) is 20.8 Å². The third kappa shape index (κ3) is 6.92. The Balaban J connectivity index is 1.50. The van der Waals surface area contributed by atoms with Crippen LogP contribution in [0.4, 0.5) is 0 Å². The van der Waals surface area contributed by atoms with E-state index in [0.717, 1.165) is 58.4 Å². The number of rotatable bonds is 4. The van der Waals surface area contributed by atoms with Gasteiger partial charge in [-0.2, -0.15) is 10.2 Å². The number of nitrogens with one attached hydrogen (secondary N) is 4. The van der Waals surface area contributed by atoms with E-state index in [2.05, 4.69) is 136 Å². The summed E-state index contributed by atoms with van der Waals surface area (Å²) in [5, 5.41) is 20.9. The molecular formula is C34H46N8. The molecule has 0 saturated carbocycles. The first kappa shape index (κ1) is 29.5. The van der Waals surface area contributed by atoms with Gasteiger partial charge in [-0.1, -0.05) is 48.5 Å². The molecule has 0 aromatic heterocycles. The third-order valence-electron chi connectivity index (χ3n) is 8.21. The fraction of sp³-hybridized carbons (Fsp3) is 0.471. The number of nitrogens with zero attached hydrogens (tertiary/aromatic N) is 4. The second-order valence-electron chi connectivity index (χ2n) is 14.2. The fourth-order valence-electron chi connectivity index (χ4n) is 5.67. The molecule has 0 bridgehead atoms. The van der Waals surface area contributed by atoms with Crippen LogP contribution in [0.1, 0.15) is 92.2 Å². The van der Waals surface area contributed by atoms with Crippen LogP contribution in [0.3, 0.4) is 0 Å². The zero-order valence-electron chi connectivity index (χ0n) is 26.4. The minimum atomic E-state index is -0.156. The van der Waals surface area contributed by atoms with Gasteiger partial charge in [-0.05, 0) is 103 Å². The van der Waals surface area contributed by atoms with Gasteiger partial charge < -0.3 is 10.6 Å². The lowest BCUT2D eigenvalue weighted by molar-refractivity contribution is 0.373. The van der Waals surface area contributed by atoms with Crippen molar-refractivity contribution < 1.29 is 0 Å². The van der Waals surface area contributed by atoms with E-state index in [1.165, 1.54) is 0 Å². The van der Waals surface area contributed by atoms with Crippen molar-refractivity contribution in [3.8, 4) is 0 Å². The smallest absolute Gasteiger partial charge is 0.213 e. The molecule has 0 saturated heterocycles. The maximum atomic E-state index is 4.91. The standard InChI is InChI=1S/C34H46N8/c1-31(2)17-18-32(3,4)38-29(37-31)41-35-21-27-23-13-9-11-15-25(23)28(26-16-12-10-14-24(26)27)22-36-42-30-39-33(5,6)19-20-34(7,8)40-30/h9-16,21-22H,17-20H2,1-8H3,(H2,37,38,41)(H2,39,40,42)/b35-21+,36-22+. The Labute approximate surface area is 250 Å². The van der Waals surface area contributed by atoms with Crippen LogP contribution in [-0.2, 0) is 0 Å². The van der Waals surface area contributed by atoms with Crippen molar-refractivity contribution in [2.24, 2.45) is 20.2 Å². The van der Waals surface area contributed by atoms with Crippen LogP contribution in [0.2, 0.25) is 0 Å². The maximum Gasteiger partial charge on any atom is 0.213 e. The highest BCUT2D eigenvalue weighted by atomic mass is 15.4. The monoisotopic (exact) mass is 566 g/mol. The number of guanidine groups is 2. The summed E-state index contributed by atoms with van der Waals surface area (Å²) < 4.78 is 0. The van der Waals surface area contributed by atoms with Gasteiger partial charge in [-0.15, -0.1) is 0 Å². The van der Waals surface area contributed by atoms with E-state index >= 15 is 0 Å². The molecule has 2 aliphatic rings. The summed E-state index contributed by atoms with van der Waals surface area (Å²) in [5.41, 5.74) is 8.07. The Morgan fingerprint density at radius 1 is 0.571 bits per heavy atom. The van der Waals surface area contributed by atoms with E-state index in [1.807, 2.05) is 12.4 Å². The molecule has 0 unspecified atom stereocenters. The van der Waals surface area contributed by atoms with E-state index in [1.54, 1.807) is 0 Å². The molecule has 0 fully saturated rings. The van der Waals surface area contributed by atoms with Crippen molar-refractivity contribution in [3.05, 3.63) is 59.7 Å². The molecule has 0 radical (unpaired) electrons. The van der Waals surface area contributed by atoms with E-state index < -0.39 is 0 Å². The minimum absolute atomic E-state index is 0.0626. The Hall–Kier alpha value is -3.94. The summed E-state index contributed by atoms with van der Waals surface area (Å²) in [7, 11) is 0. The number of hydrogen-bond acceptors (Lipinski definition) is 8. The normalized spacial score (nSPS) is 21.2. The van der Waals surface area contributed by atoms with E-state index in [-0.39, 0.29) is 22.2 Å². The van der Waals surface area contributed by atoms with Crippen LogP contribution in [0.25, 0.3) is 21.5 Å².